The van der Waals surface area contributed by atoms with Gasteiger partial charge in [-0.1, -0.05) is 50.0 Å². The molecular formula is C22H42O4. The summed E-state index contributed by atoms with van der Waals surface area (Å²) in [7, 11) is 0. The van der Waals surface area contributed by atoms with E-state index in [0.29, 0.717) is 19.3 Å². The fourth-order valence-electron chi connectivity index (χ4n) is 1.98. The van der Waals surface area contributed by atoms with E-state index in [0.717, 1.165) is 32.1 Å². The smallest absolute Gasteiger partial charge is 0.115 e. The third-order valence-corrected chi connectivity index (χ3v) is 3.45. The lowest BCUT2D eigenvalue weighted by Crippen LogP contribution is -2.10. The molecule has 0 fully saturated rings. The molecule has 0 bridgehead atoms. The molecule has 0 aliphatic rings. The first-order chi connectivity index (χ1) is 12.3. The van der Waals surface area contributed by atoms with Crippen molar-refractivity contribution in [2.24, 2.45) is 0 Å². The van der Waals surface area contributed by atoms with Crippen molar-refractivity contribution in [2.45, 2.75) is 103 Å². The fourth-order valence-corrected chi connectivity index (χ4v) is 1.98. The second-order valence-corrected chi connectivity index (χ2v) is 6.47. The predicted octanol–water partition coefficient (Wildman–Crippen LogP) is 3.98. The lowest BCUT2D eigenvalue weighted by molar-refractivity contribution is 0.117. The Balaban J connectivity index is -0.000000411. The van der Waals surface area contributed by atoms with Crippen LogP contribution in [0, 0.1) is 11.8 Å². The maximum atomic E-state index is 9.45. The molecule has 0 aromatic carbocycles. The van der Waals surface area contributed by atoms with Crippen molar-refractivity contribution in [1.29, 1.82) is 0 Å². The molecule has 0 aliphatic carbocycles. The topological polar surface area (TPSA) is 80.9 Å². The van der Waals surface area contributed by atoms with Gasteiger partial charge in [0, 0.05) is 1.43 Å². The van der Waals surface area contributed by atoms with Crippen LogP contribution in [-0.4, -0.2) is 44.8 Å². The summed E-state index contributed by atoms with van der Waals surface area (Å²) in [5.74, 6) is 5.10. The standard InChI is InChI=1S/C11H22O2.C11H18O2.H2/c2*1-3-4-5-6-7-11(13)9-8-10(2)12;/h4-5,10-13H,3,6-9H2,1-2H3;4-5,10-13H,3,6-7H2,1-2H3;1H/b2*5-4+;. The van der Waals surface area contributed by atoms with Crippen molar-refractivity contribution in [1.82, 2.24) is 0 Å². The quantitative estimate of drug-likeness (QED) is 0.328. The number of rotatable bonds is 11. The molecular weight excluding hydrogens is 328 g/mol. The molecule has 0 saturated heterocycles. The summed E-state index contributed by atoms with van der Waals surface area (Å²) < 4.78 is 0. The van der Waals surface area contributed by atoms with Crippen LogP contribution in [0.15, 0.2) is 24.3 Å². The molecule has 0 heterocycles. The maximum Gasteiger partial charge on any atom is 0.115 e. The minimum atomic E-state index is -0.652. The van der Waals surface area contributed by atoms with E-state index in [1.54, 1.807) is 13.8 Å². The Bertz CT molecular complexity index is 408. The summed E-state index contributed by atoms with van der Waals surface area (Å²) in [5, 5.41) is 36.5. The highest BCUT2D eigenvalue weighted by atomic mass is 16.3. The van der Waals surface area contributed by atoms with E-state index in [-0.39, 0.29) is 13.6 Å². The number of aliphatic hydroxyl groups is 4. The van der Waals surface area contributed by atoms with Crippen LogP contribution in [0.5, 0.6) is 0 Å². The molecule has 4 heteroatoms. The summed E-state index contributed by atoms with van der Waals surface area (Å²) in [6.07, 6.45) is 13.2. The van der Waals surface area contributed by atoms with Crippen LogP contribution >= 0.6 is 0 Å². The van der Waals surface area contributed by atoms with Gasteiger partial charge in [0.05, 0.1) is 12.2 Å². The third-order valence-electron chi connectivity index (χ3n) is 3.45. The Labute approximate surface area is 162 Å². The molecule has 154 valence electrons. The highest BCUT2D eigenvalue weighted by Gasteiger charge is 2.04. The molecule has 0 aromatic rings. The molecule has 4 N–H and O–H groups in total. The predicted molar refractivity (Wildman–Crippen MR) is 112 cm³/mol. The van der Waals surface area contributed by atoms with Gasteiger partial charge in [-0.3, -0.25) is 0 Å². The summed E-state index contributed by atoms with van der Waals surface area (Å²) >= 11 is 0. The van der Waals surface area contributed by atoms with Gasteiger partial charge in [-0.2, -0.15) is 0 Å². The van der Waals surface area contributed by atoms with E-state index in [1.807, 2.05) is 6.08 Å². The zero-order valence-electron chi connectivity index (χ0n) is 17.1. The van der Waals surface area contributed by atoms with Gasteiger partial charge in [0.1, 0.15) is 12.2 Å². The summed E-state index contributed by atoms with van der Waals surface area (Å²) in [5.41, 5.74) is 0. The van der Waals surface area contributed by atoms with Gasteiger partial charge in [0.2, 0.25) is 0 Å². The zero-order valence-corrected chi connectivity index (χ0v) is 17.1. The van der Waals surface area contributed by atoms with Crippen LogP contribution in [0.2, 0.25) is 0 Å². The van der Waals surface area contributed by atoms with Gasteiger partial charge in [-0.05, 0) is 65.2 Å². The Morgan fingerprint density at radius 3 is 1.73 bits per heavy atom. The molecule has 4 unspecified atom stereocenters. The minimum absolute atomic E-state index is 0. The van der Waals surface area contributed by atoms with Crippen LogP contribution in [0.3, 0.4) is 0 Å². The lowest BCUT2D eigenvalue weighted by atomic mass is 10.1. The maximum absolute atomic E-state index is 9.45. The van der Waals surface area contributed by atoms with Crippen molar-refractivity contribution in [2.75, 3.05) is 0 Å². The third kappa shape index (κ3) is 25.1. The zero-order chi connectivity index (χ0) is 20.2. The Morgan fingerprint density at radius 2 is 1.27 bits per heavy atom. The van der Waals surface area contributed by atoms with Gasteiger partial charge < -0.3 is 20.4 Å². The number of hydrogen-bond acceptors (Lipinski definition) is 4. The molecule has 4 nitrogen and oxygen atoms in total. The normalized spacial score (nSPS) is 15.7. The summed E-state index contributed by atoms with van der Waals surface area (Å²) in [6, 6.07) is 0. The van der Waals surface area contributed by atoms with Crippen LogP contribution < -0.4 is 0 Å². The Hall–Kier alpha value is -1.12. The summed E-state index contributed by atoms with van der Waals surface area (Å²) in [6.45, 7) is 7.50. The van der Waals surface area contributed by atoms with Gasteiger partial charge in [-0.15, -0.1) is 0 Å². The van der Waals surface area contributed by atoms with Gasteiger partial charge >= 0.3 is 0 Å². The van der Waals surface area contributed by atoms with Crippen LogP contribution in [0.1, 0.15) is 80.5 Å². The van der Waals surface area contributed by atoms with Crippen LogP contribution in [0.4, 0.5) is 0 Å². The number of aliphatic hydroxyl groups excluding tert-OH is 4. The Kier molecular flexibility index (Phi) is 21.1. The van der Waals surface area contributed by atoms with Crippen molar-refractivity contribution < 1.29 is 21.9 Å². The van der Waals surface area contributed by atoms with E-state index in [4.69, 9.17) is 10.2 Å². The van der Waals surface area contributed by atoms with E-state index in [9.17, 15) is 10.2 Å². The molecule has 0 amide bonds. The van der Waals surface area contributed by atoms with E-state index in [1.165, 1.54) is 0 Å². The second kappa shape index (κ2) is 20.2. The molecule has 0 aliphatic heterocycles. The van der Waals surface area contributed by atoms with E-state index < -0.39 is 12.2 Å². The molecule has 0 aromatic heterocycles. The molecule has 0 rings (SSSR count). The van der Waals surface area contributed by atoms with Crippen LogP contribution in [0.25, 0.3) is 0 Å². The fraction of sp³-hybridized carbons (Fsp3) is 0.727. The molecule has 4 atom stereocenters. The largest absolute Gasteiger partial charge is 0.393 e. The first-order valence-electron chi connectivity index (χ1n) is 9.86. The molecule has 0 saturated carbocycles. The molecule has 0 spiro atoms. The average molecular weight is 371 g/mol. The van der Waals surface area contributed by atoms with Gasteiger partial charge in [0.25, 0.3) is 0 Å². The average Bonchev–Trinajstić information content (AvgIpc) is 2.59. The first-order valence-corrected chi connectivity index (χ1v) is 9.86. The number of hydrogen-bond donors (Lipinski definition) is 4. The van der Waals surface area contributed by atoms with Gasteiger partial charge in [0.15, 0.2) is 0 Å². The number of allylic oxidation sites excluding steroid dienone is 4. The van der Waals surface area contributed by atoms with Gasteiger partial charge in [-0.25, -0.2) is 0 Å². The van der Waals surface area contributed by atoms with E-state index in [2.05, 4.69) is 43.9 Å². The second-order valence-electron chi connectivity index (χ2n) is 6.47. The molecule has 0 radical (unpaired) electrons. The first kappa shape index (κ1) is 27.1. The highest BCUT2D eigenvalue weighted by molar-refractivity contribution is 5.08. The van der Waals surface area contributed by atoms with Crippen molar-refractivity contribution in [3.05, 3.63) is 24.3 Å². The monoisotopic (exact) mass is 370 g/mol. The van der Waals surface area contributed by atoms with Crippen molar-refractivity contribution in [3.63, 3.8) is 0 Å². The van der Waals surface area contributed by atoms with Crippen LogP contribution in [-0.2, 0) is 0 Å². The highest BCUT2D eigenvalue weighted by Crippen LogP contribution is 2.07. The summed E-state index contributed by atoms with van der Waals surface area (Å²) in [4.78, 5) is 0. The molecule has 26 heavy (non-hydrogen) atoms. The van der Waals surface area contributed by atoms with Crippen molar-refractivity contribution in [3.8, 4) is 11.8 Å². The SMILES string of the molecule is CC/C=C/CCC(O)C#CC(C)O.CC/C=C/CCC(O)CCC(C)O.[HH]. The minimum Gasteiger partial charge on any atom is -0.393 e. The van der Waals surface area contributed by atoms with E-state index >= 15 is 0 Å². The van der Waals surface area contributed by atoms with Crippen molar-refractivity contribution >= 4 is 0 Å². The Morgan fingerprint density at radius 1 is 0.731 bits per heavy atom. The lowest BCUT2D eigenvalue weighted by Gasteiger charge is -2.09.